The first-order valence-electron chi connectivity index (χ1n) is 8.86. The lowest BCUT2D eigenvalue weighted by Crippen LogP contribution is -2.37. The largest absolute Gasteiger partial charge is 0.456 e. The molecule has 3 heteroatoms. The van der Waals surface area contributed by atoms with Crippen LogP contribution in [0, 0.1) is 5.92 Å². The second kappa shape index (κ2) is 6.78. The zero-order chi connectivity index (χ0) is 16.4. The molecule has 2 aliphatic rings. The van der Waals surface area contributed by atoms with Crippen LogP contribution in [0.1, 0.15) is 31.2 Å². The highest BCUT2D eigenvalue weighted by Gasteiger charge is 2.42. The number of hydrogen-bond acceptors (Lipinski definition) is 3. The van der Waals surface area contributed by atoms with E-state index in [9.17, 15) is 0 Å². The summed E-state index contributed by atoms with van der Waals surface area (Å²) in [5, 5.41) is 0. The predicted octanol–water partition coefficient (Wildman–Crippen LogP) is 4.76. The van der Waals surface area contributed by atoms with Gasteiger partial charge < -0.3 is 4.74 Å². The summed E-state index contributed by atoms with van der Waals surface area (Å²) in [6, 6.07) is 13.4. The van der Waals surface area contributed by atoms with Gasteiger partial charge in [-0.2, -0.15) is 0 Å². The van der Waals surface area contributed by atoms with Gasteiger partial charge in [-0.15, -0.1) is 0 Å². The maximum Gasteiger partial charge on any atom is 0.146 e. The number of fused-ring (bicyclic) bond motifs is 2. The highest BCUT2D eigenvalue weighted by molar-refractivity contribution is 5.50. The summed E-state index contributed by atoms with van der Waals surface area (Å²) in [6.07, 6.45) is 13.4. The van der Waals surface area contributed by atoms with Gasteiger partial charge in [-0.25, -0.2) is 0 Å². The van der Waals surface area contributed by atoms with E-state index in [1.165, 1.54) is 19.3 Å². The van der Waals surface area contributed by atoms with Crippen LogP contribution in [-0.2, 0) is 0 Å². The first-order chi connectivity index (χ1) is 11.8. The van der Waals surface area contributed by atoms with Gasteiger partial charge in [0, 0.05) is 18.3 Å². The van der Waals surface area contributed by atoms with Crippen molar-refractivity contribution in [2.45, 2.75) is 37.8 Å². The van der Waals surface area contributed by atoms with Crippen molar-refractivity contribution in [1.82, 2.24) is 9.88 Å². The fraction of sp³-hybridized carbons (Fsp3) is 0.381. The third-order valence-corrected chi connectivity index (χ3v) is 5.49. The highest BCUT2D eigenvalue weighted by atomic mass is 16.5. The van der Waals surface area contributed by atoms with Crippen LogP contribution in [0.25, 0.3) is 6.08 Å². The van der Waals surface area contributed by atoms with Crippen molar-refractivity contribution < 1.29 is 4.74 Å². The van der Waals surface area contributed by atoms with E-state index in [1.54, 1.807) is 6.20 Å². The van der Waals surface area contributed by atoms with Crippen LogP contribution >= 0.6 is 0 Å². The molecule has 124 valence electrons. The minimum atomic E-state index is 0.719. The van der Waals surface area contributed by atoms with E-state index in [0.29, 0.717) is 0 Å². The van der Waals surface area contributed by atoms with Crippen molar-refractivity contribution in [3.63, 3.8) is 0 Å². The third kappa shape index (κ3) is 3.22. The standard InChI is InChI=1S/C21H24N2O/c1-23-18-11-10-17(13-18)21(23)9-5-6-16-12-20(15-22-14-16)24-19-7-3-2-4-8-19/h2-8,12,14-15,17-18,21H,9-11,13H2,1H3. The zero-order valence-corrected chi connectivity index (χ0v) is 14.1. The second-order valence-electron chi connectivity index (χ2n) is 6.97. The van der Waals surface area contributed by atoms with E-state index in [2.05, 4.69) is 29.1 Å². The summed E-state index contributed by atoms with van der Waals surface area (Å²) in [5.41, 5.74) is 1.09. The van der Waals surface area contributed by atoms with Crippen LogP contribution in [0.3, 0.4) is 0 Å². The van der Waals surface area contributed by atoms with Crippen molar-refractivity contribution in [3.05, 3.63) is 60.4 Å². The molecule has 3 nitrogen and oxygen atoms in total. The van der Waals surface area contributed by atoms with Gasteiger partial charge in [0.2, 0.25) is 0 Å². The Bertz CT molecular complexity index is 711. The van der Waals surface area contributed by atoms with E-state index in [1.807, 2.05) is 42.6 Å². The Hall–Kier alpha value is -2.13. The molecule has 2 aromatic rings. The molecule has 0 amide bonds. The average Bonchev–Trinajstić information content (AvgIpc) is 3.19. The number of rotatable bonds is 5. The first-order valence-corrected chi connectivity index (χ1v) is 8.86. The normalized spacial score (nSPS) is 26.3. The van der Waals surface area contributed by atoms with Crippen LogP contribution in [-0.4, -0.2) is 29.0 Å². The smallest absolute Gasteiger partial charge is 0.146 e. The van der Waals surface area contributed by atoms with Crippen molar-refractivity contribution in [2.24, 2.45) is 5.92 Å². The Morgan fingerprint density at radius 3 is 2.83 bits per heavy atom. The maximum absolute atomic E-state index is 5.85. The third-order valence-electron chi connectivity index (χ3n) is 5.49. The number of aromatic nitrogens is 1. The maximum atomic E-state index is 5.85. The number of likely N-dealkylation sites (tertiary alicyclic amines) is 1. The summed E-state index contributed by atoms with van der Waals surface area (Å²) in [7, 11) is 2.29. The molecule has 0 N–H and O–H groups in total. The quantitative estimate of drug-likeness (QED) is 0.794. The molecule has 1 aliphatic carbocycles. The Balaban J connectivity index is 1.39. The molecule has 24 heavy (non-hydrogen) atoms. The molecule has 1 saturated carbocycles. The van der Waals surface area contributed by atoms with E-state index in [0.717, 1.165) is 41.5 Å². The van der Waals surface area contributed by atoms with E-state index >= 15 is 0 Å². The Morgan fingerprint density at radius 2 is 2.04 bits per heavy atom. The molecule has 1 aromatic heterocycles. The fourth-order valence-corrected chi connectivity index (χ4v) is 4.22. The summed E-state index contributed by atoms with van der Waals surface area (Å²) >= 11 is 0. The van der Waals surface area contributed by atoms with E-state index in [4.69, 9.17) is 4.74 Å². The van der Waals surface area contributed by atoms with Crippen molar-refractivity contribution >= 4 is 6.08 Å². The van der Waals surface area contributed by atoms with Crippen LogP contribution in [0.15, 0.2) is 54.9 Å². The number of pyridine rings is 1. The lowest BCUT2D eigenvalue weighted by atomic mass is 9.96. The van der Waals surface area contributed by atoms with Crippen LogP contribution in [0.2, 0.25) is 0 Å². The number of piperidine rings is 1. The van der Waals surface area contributed by atoms with E-state index < -0.39 is 0 Å². The minimum Gasteiger partial charge on any atom is -0.456 e. The molecule has 4 rings (SSSR count). The molecule has 1 saturated heterocycles. The number of nitrogens with zero attached hydrogens (tertiary/aromatic N) is 2. The van der Waals surface area contributed by atoms with Crippen molar-refractivity contribution in [3.8, 4) is 11.5 Å². The SMILES string of the molecule is CN1C2CCC(C2)C1CC=Cc1cncc(Oc2ccccc2)c1. The van der Waals surface area contributed by atoms with Gasteiger partial charge in [0.15, 0.2) is 0 Å². The average molecular weight is 320 g/mol. The summed E-state index contributed by atoms with van der Waals surface area (Å²) in [5.74, 6) is 2.51. The number of para-hydroxylation sites is 1. The highest BCUT2D eigenvalue weighted by Crippen LogP contribution is 2.42. The molecular formula is C21H24N2O. The van der Waals surface area contributed by atoms with Crippen LogP contribution in [0.4, 0.5) is 0 Å². The molecule has 2 fully saturated rings. The number of ether oxygens (including phenoxy) is 1. The van der Waals surface area contributed by atoms with E-state index in [-0.39, 0.29) is 0 Å². The topological polar surface area (TPSA) is 25.4 Å². The molecule has 1 aromatic carbocycles. The van der Waals surface area contributed by atoms with Crippen LogP contribution in [0.5, 0.6) is 11.5 Å². The molecule has 2 heterocycles. The minimum absolute atomic E-state index is 0.719. The zero-order valence-electron chi connectivity index (χ0n) is 14.1. The molecule has 2 bridgehead atoms. The van der Waals surface area contributed by atoms with Gasteiger partial charge in [0.1, 0.15) is 11.5 Å². The lowest BCUT2D eigenvalue weighted by Gasteiger charge is -2.31. The van der Waals surface area contributed by atoms with Crippen LogP contribution < -0.4 is 4.74 Å². The summed E-state index contributed by atoms with van der Waals surface area (Å²) < 4.78 is 5.85. The summed E-state index contributed by atoms with van der Waals surface area (Å²) in [6.45, 7) is 0. The molecule has 3 atom stereocenters. The van der Waals surface area contributed by atoms with Gasteiger partial charge in [-0.3, -0.25) is 9.88 Å². The Morgan fingerprint density at radius 1 is 1.17 bits per heavy atom. The van der Waals surface area contributed by atoms with Gasteiger partial charge in [-0.05, 0) is 62.4 Å². The monoisotopic (exact) mass is 320 g/mol. The molecule has 3 unspecified atom stereocenters. The van der Waals surface area contributed by atoms with Crippen molar-refractivity contribution in [2.75, 3.05) is 7.05 Å². The number of hydrogen-bond donors (Lipinski definition) is 0. The molecule has 1 aliphatic heterocycles. The fourth-order valence-electron chi connectivity index (χ4n) is 4.22. The molecule has 0 spiro atoms. The van der Waals surface area contributed by atoms with Gasteiger partial charge >= 0.3 is 0 Å². The summed E-state index contributed by atoms with van der Waals surface area (Å²) in [4.78, 5) is 6.89. The van der Waals surface area contributed by atoms with Gasteiger partial charge in [-0.1, -0.05) is 30.4 Å². The lowest BCUT2D eigenvalue weighted by molar-refractivity contribution is 0.177. The molecular weight excluding hydrogens is 296 g/mol. The first kappa shape index (κ1) is 15.4. The molecule has 0 radical (unpaired) electrons. The second-order valence-corrected chi connectivity index (χ2v) is 6.97. The predicted molar refractivity (Wildman–Crippen MR) is 97.1 cm³/mol. The van der Waals surface area contributed by atoms with Gasteiger partial charge in [0.05, 0.1) is 6.20 Å². The Labute approximate surface area is 144 Å². The number of benzene rings is 1. The Kier molecular flexibility index (Phi) is 4.35. The van der Waals surface area contributed by atoms with Gasteiger partial charge in [0.25, 0.3) is 0 Å². The van der Waals surface area contributed by atoms with Crippen molar-refractivity contribution in [1.29, 1.82) is 0 Å².